The SMILES string of the molecule is CC[Si](C=CC(C)(C)O)CC. The van der Waals surface area contributed by atoms with Gasteiger partial charge >= 0.3 is 0 Å². The molecule has 0 saturated carbocycles. The van der Waals surface area contributed by atoms with E-state index < -0.39 is 5.60 Å². The van der Waals surface area contributed by atoms with Crippen LogP contribution in [0.5, 0.6) is 0 Å². The molecule has 0 amide bonds. The average Bonchev–Trinajstić information content (AvgIpc) is 1.88. The van der Waals surface area contributed by atoms with Crippen LogP contribution in [0.2, 0.25) is 12.1 Å². The Kier molecular flexibility index (Phi) is 4.69. The summed E-state index contributed by atoms with van der Waals surface area (Å²) in [4.78, 5) is 0. The Labute approximate surface area is 71.7 Å². The van der Waals surface area contributed by atoms with Gasteiger partial charge in [0.15, 0.2) is 0 Å². The molecular formula is C9H19OSi. The predicted molar refractivity (Wildman–Crippen MR) is 52.2 cm³/mol. The minimum Gasteiger partial charge on any atom is -0.386 e. The highest BCUT2D eigenvalue weighted by Crippen LogP contribution is 2.06. The topological polar surface area (TPSA) is 20.2 Å². The van der Waals surface area contributed by atoms with Crippen molar-refractivity contribution in [3.8, 4) is 0 Å². The van der Waals surface area contributed by atoms with Crippen LogP contribution in [0.4, 0.5) is 0 Å². The van der Waals surface area contributed by atoms with E-state index >= 15 is 0 Å². The van der Waals surface area contributed by atoms with Crippen LogP contribution in [0.25, 0.3) is 0 Å². The maximum atomic E-state index is 9.39. The van der Waals surface area contributed by atoms with Crippen LogP contribution in [0.15, 0.2) is 11.8 Å². The van der Waals surface area contributed by atoms with Crippen LogP contribution in [-0.4, -0.2) is 19.5 Å². The van der Waals surface area contributed by atoms with Crippen molar-refractivity contribution in [2.45, 2.75) is 45.4 Å². The largest absolute Gasteiger partial charge is 0.386 e. The van der Waals surface area contributed by atoms with Crippen molar-refractivity contribution >= 4 is 8.80 Å². The van der Waals surface area contributed by atoms with Crippen molar-refractivity contribution in [2.75, 3.05) is 0 Å². The van der Waals surface area contributed by atoms with Crippen molar-refractivity contribution in [2.24, 2.45) is 0 Å². The summed E-state index contributed by atoms with van der Waals surface area (Å²) in [6, 6.07) is 2.52. The van der Waals surface area contributed by atoms with E-state index in [1.807, 2.05) is 19.9 Å². The second-order valence-corrected chi connectivity index (χ2v) is 6.42. The van der Waals surface area contributed by atoms with Crippen molar-refractivity contribution in [1.82, 2.24) is 0 Å². The van der Waals surface area contributed by atoms with Gasteiger partial charge in [-0.2, -0.15) is 0 Å². The molecule has 0 fully saturated rings. The van der Waals surface area contributed by atoms with E-state index in [1.54, 1.807) is 0 Å². The Balaban J connectivity index is 3.89. The molecule has 0 unspecified atom stereocenters. The molecule has 0 bridgehead atoms. The van der Waals surface area contributed by atoms with E-state index in [9.17, 15) is 5.11 Å². The second kappa shape index (κ2) is 4.73. The van der Waals surface area contributed by atoms with E-state index in [0.29, 0.717) is 0 Å². The summed E-state index contributed by atoms with van der Waals surface area (Å²) in [6.45, 7) is 8.06. The van der Waals surface area contributed by atoms with Gasteiger partial charge < -0.3 is 5.11 Å². The quantitative estimate of drug-likeness (QED) is 0.644. The molecule has 0 aromatic rings. The van der Waals surface area contributed by atoms with Gasteiger partial charge in [0.2, 0.25) is 0 Å². The summed E-state index contributed by atoms with van der Waals surface area (Å²) < 4.78 is 0. The highest BCUT2D eigenvalue weighted by Gasteiger charge is 2.08. The van der Waals surface area contributed by atoms with Gasteiger partial charge in [0.25, 0.3) is 0 Å². The summed E-state index contributed by atoms with van der Waals surface area (Å²) in [7, 11) is -0.297. The molecule has 1 radical (unpaired) electrons. The lowest BCUT2D eigenvalue weighted by atomic mass is 10.1. The van der Waals surface area contributed by atoms with E-state index in [4.69, 9.17) is 0 Å². The minimum absolute atomic E-state index is 0.297. The molecule has 1 N–H and O–H groups in total. The van der Waals surface area contributed by atoms with Crippen LogP contribution in [0.3, 0.4) is 0 Å². The Morgan fingerprint density at radius 2 is 1.73 bits per heavy atom. The number of hydrogen-bond acceptors (Lipinski definition) is 1. The van der Waals surface area contributed by atoms with Gasteiger partial charge in [-0.05, 0) is 13.8 Å². The molecule has 0 aromatic heterocycles. The molecule has 0 spiro atoms. The van der Waals surface area contributed by atoms with Gasteiger partial charge in [-0.25, -0.2) is 0 Å². The zero-order chi connectivity index (χ0) is 8.91. The molecule has 1 nitrogen and oxygen atoms in total. The fourth-order valence-electron chi connectivity index (χ4n) is 0.807. The third kappa shape index (κ3) is 6.32. The predicted octanol–water partition coefficient (Wildman–Crippen LogP) is 2.39. The maximum absolute atomic E-state index is 9.39. The summed E-state index contributed by atoms with van der Waals surface area (Å²) in [5.74, 6) is 0. The Morgan fingerprint density at radius 1 is 1.27 bits per heavy atom. The zero-order valence-corrected chi connectivity index (χ0v) is 9.02. The normalized spacial score (nSPS) is 13.3. The van der Waals surface area contributed by atoms with Crippen LogP contribution >= 0.6 is 0 Å². The van der Waals surface area contributed by atoms with E-state index in [0.717, 1.165) is 0 Å². The summed E-state index contributed by atoms with van der Waals surface area (Å²) in [5.41, 5.74) is 1.59. The van der Waals surface area contributed by atoms with E-state index in [-0.39, 0.29) is 8.80 Å². The molecule has 0 heterocycles. The third-order valence-corrected chi connectivity index (χ3v) is 4.09. The van der Waals surface area contributed by atoms with Crippen LogP contribution in [-0.2, 0) is 0 Å². The lowest BCUT2D eigenvalue weighted by Crippen LogP contribution is -2.16. The smallest absolute Gasteiger partial charge is 0.0767 e. The number of aliphatic hydroxyl groups is 1. The van der Waals surface area contributed by atoms with Crippen LogP contribution < -0.4 is 0 Å². The monoisotopic (exact) mass is 171 g/mol. The molecule has 2 heteroatoms. The van der Waals surface area contributed by atoms with Gasteiger partial charge in [-0.1, -0.05) is 37.7 Å². The maximum Gasteiger partial charge on any atom is 0.0767 e. The molecular weight excluding hydrogens is 152 g/mol. The summed E-state index contributed by atoms with van der Waals surface area (Å²) in [5, 5.41) is 9.39. The first-order valence-electron chi connectivity index (χ1n) is 4.26. The van der Waals surface area contributed by atoms with Crippen molar-refractivity contribution in [3.05, 3.63) is 11.8 Å². The zero-order valence-electron chi connectivity index (χ0n) is 8.02. The average molecular weight is 171 g/mol. The third-order valence-electron chi connectivity index (χ3n) is 1.64. The van der Waals surface area contributed by atoms with Gasteiger partial charge in [-0.15, -0.1) is 0 Å². The van der Waals surface area contributed by atoms with E-state index in [1.165, 1.54) is 12.1 Å². The van der Waals surface area contributed by atoms with Crippen LogP contribution in [0.1, 0.15) is 27.7 Å². The molecule has 0 atom stereocenters. The van der Waals surface area contributed by atoms with Gasteiger partial charge in [0.1, 0.15) is 0 Å². The van der Waals surface area contributed by atoms with Crippen molar-refractivity contribution in [3.63, 3.8) is 0 Å². The van der Waals surface area contributed by atoms with Crippen molar-refractivity contribution < 1.29 is 5.11 Å². The summed E-state index contributed by atoms with van der Waals surface area (Å²) >= 11 is 0. The number of rotatable bonds is 4. The Morgan fingerprint density at radius 3 is 2.00 bits per heavy atom. The minimum atomic E-state index is -0.625. The molecule has 0 aromatic carbocycles. The standard InChI is InChI=1S/C9H19OSi/c1-5-11(6-2)8-7-9(3,4)10/h7-8,10H,5-6H2,1-4H3. The lowest BCUT2D eigenvalue weighted by Gasteiger charge is -2.12. The highest BCUT2D eigenvalue weighted by molar-refractivity contribution is 6.64. The Bertz CT molecular complexity index is 120. The number of hydrogen-bond donors (Lipinski definition) is 1. The fraction of sp³-hybridized carbons (Fsp3) is 0.778. The molecule has 0 saturated heterocycles. The molecule has 0 aliphatic carbocycles. The Hall–Kier alpha value is -0.0831. The first-order chi connectivity index (χ1) is 4.99. The second-order valence-electron chi connectivity index (χ2n) is 3.35. The first-order valence-corrected chi connectivity index (χ1v) is 6.25. The molecule has 0 aliphatic heterocycles. The molecule has 65 valence electrons. The van der Waals surface area contributed by atoms with Crippen molar-refractivity contribution in [1.29, 1.82) is 0 Å². The van der Waals surface area contributed by atoms with Gasteiger partial charge in [-0.3, -0.25) is 0 Å². The van der Waals surface area contributed by atoms with E-state index in [2.05, 4.69) is 19.5 Å². The highest BCUT2D eigenvalue weighted by atomic mass is 28.3. The van der Waals surface area contributed by atoms with Gasteiger partial charge in [0.05, 0.1) is 14.4 Å². The first kappa shape index (κ1) is 10.9. The molecule has 11 heavy (non-hydrogen) atoms. The molecule has 0 aliphatic rings. The van der Waals surface area contributed by atoms with Crippen LogP contribution in [0, 0.1) is 0 Å². The van der Waals surface area contributed by atoms with Gasteiger partial charge in [0, 0.05) is 0 Å². The lowest BCUT2D eigenvalue weighted by molar-refractivity contribution is 0.133. The fourth-order valence-corrected chi connectivity index (χ4v) is 2.42. The summed E-state index contributed by atoms with van der Waals surface area (Å²) in [6.07, 6.45) is 1.92. The molecule has 0 rings (SSSR count).